The largest absolute Gasteiger partial charge is 0.421 e. The maximum absolute atomic E-state index is 12.3. The van der Waals surface area contributed by atoms with Crippen LogP contribution in [0.15, 0.2) is 66.7 Å². The molecule has 0 unspecified atom stereocenters. The molecule has 3 aromatic rings. The summed E-state index contributed by atoms with van der Waals surface area (Å²) in [5, 5.41) is 0.417. The van der Waals surface area contributed by atoms with Gasteiger partial charge in [0.15, 0.2) is 0 Å². The SMILES string of the molecule is CCCc1ccc(-c2ccc(OC(=O)c3ccc(C)cc3)c(Cl)c2)cc1. The molecule has 0 spiro atoms. The van der Waals surface area contributed by atoms with Crippen LogP contribution in [0.2, 0.25) is 5.02 Å². The zero-order chi connectivity index (χ0) is 18.5. The summed E-state index contributed by atoms with van der Waals surface area (Å²) in [6, 6.07) is 21.2. The monoisotopic (exact) mass is 364 g/mol. The van der Waals surface area contributed by atoms with E-state index in [1.807, 2.05) is 31.2 Å². The van der Waals surface area contributed by atoms with Gasteiger partial charge in [0.25, 0.3) is 0 Å². The highest BCUT2D eigenvalue weighted by atomic mass is 35.5. The topological polar surface area (TPSA) is 26.3 Å². The van der Waals surface area contributed by atoms with Crippen LogP contribution in [0.4, 0.5) is 0 Å². The van der Waals surface area contributed by atoms with Crippen molar-refractivity contribution in [2.75, 3.05) is 0 Å². The predicted octanol–water partition coefficient (Wildman–Crippen LogP) is 6.49. The van der Waals surface area contributed by atoms with Crippen molar-refractivity contribution in [3.8, 4) is 16.9 Å². The summed E-state index contributed by atoms with van der Waals surface area (Å²) in [7, 11) is 0. The first kappa shape index (κ1) is 18.2. The third-order valence-corrected chi connectivity index (χ3v) is 4.54. The van der Waals surface area contributed by atoms with E-state index >= 15 is 0 Å². The van der Waals surface area contributed by atoms with E-state index in [0.717, 1.165) is 29.5 Å². The number of aryl methyl sites for hydroxylation is 2. The predicted molar refractivity (Wildman–Crippen MR) is 107 cm³/mol. The Kier molecular flexibility index (Phi) is 5.75. The lowest BCUT2D eigenvalue weighted by molar-refractivity contribution is 0.0735. The molecular formula is C23H21ClO2. The summed E-state index contributed by atoms with van der Waals surface area (Å²) in [5.74, 6) is -0.0489. The molecule has 0 saturated carbocycles. The average Bonchev–Trinajstić information content (AvgIpc) is 2.65. The van der Waals surface area contributed by atoms with Crippen LogP contribution in [0.3, 0.4) is 0 Å². The van der Waals surface area contributed by atoms with E-state index in [-0.39, 0.29) is 0 Å². The lowest BCUT2D eigenvalue weighted by atomic mass is 10.0. The fraction of sp³-hybridized carbons (Fsp3) is 0.174. The van der Waals surface area contributed by atoms with Gasteiger partial charge >= 0.3 is 5.97 Å². The second-order valence-electron chi connectivity index (χ2n) is 6.35. The van der Waals surface area contributed by atoms with Crippen molar-refractivity contribution in [1.29, 1.82) is 0 Å². The van der Waals surface area contributed by atoms with Gasteiger partial charge in [-0.2, -0.15) is 0 Å². The van der Waals surface area contributed by atoms with Gasteiger partial charge in [-0.05, 0) is 54.3 Å². The van der Waals surface area contributed by atoms with Gasteiger partial charge in [-0.15, -0.1) is 0 Å². The summed E-state index contributed by atoms with van der Waals surface area (Å²) in [6.07, 6.45) is 2.21. The minimum Gasteiger partial charge on any atom is -0.421 e. The first-order chi connectivity index (χ1) is 12.6. The molecular weight excluding hydrogens is 344 g/mol. The van der Waals surface area contributed by atoms with Crippen LogP contribution < -0.4 is 4.74 Å². The Hall–Kier alpha value is -2.58. The minimum absolute atomic E-state index is 0.364. The van der Waals surface area contributed by atoms with Crippen molar-refractivity contribution < 1.29 is 9.53 Å². The number of rotatable bonds is 5. The molecule has 0 aromatic heterocycles. The lowest BCUT2D eigenvalue weighted by Crippen LogP contribution is -2.08. The van der Waals surface area contributed by atoms with Crippen LogP contribution in [0.5, 0.6) is 5.75 Å². The number of carbonyl (C=O) groups excluding carboxylic acids is 1. The van der Waals surface area contributed by atoms with Gasteiger partial charge in [-0.3, -0.25) is 0 Å². The first-order valence-corrected chi connectivity index (χ1v) is 9.12. The number of hydrogen-bond donors (Lipinski definition) is 0. The van der Waals surface area contributed by atoms with E-state index in [0.29, 0.717) is 16.3 Å². The lowest BCUT2D eigenvalue weighted by Gasteiger charge is -2.09. The summed E-state index contributed by atoms with van der Waals surface area (Å²) in [6.45, 7) is 4.14. The zero-order valence-electron chi connectivity index (χ0n) is 15.0. The molecule has 0 aliphatic heterocycles. The van der Waals surface area contributed by atoms with Crippen molar-refractivity contribution >= 4 is 17.6 Å². The molecule has 0 N–H and O–H groups in total. The van der Waals surface area contributed by atoms with Crippen LogP contribution in [0.25, 0.3) is 11.1 Å². The number of benzene rings is 3. The Balaban J connectivity index is 1.76. The van der Waals surface area contributed by atoms with Gasteiger partial charge in [-0.1, -0.05) is 73.0 Å². The standard InChI is InChI=1S/C23H21ClO2/c1-3-4-17-7-11-18(12-8-17)20-13-14-22(21(24)15-20)26-23(25)19-9-5-16(2)6-10-19/h5-15H,3-4H2,1-2H3. The number of halogens is 1. The molecule has 3 aromatic carbocycles. The highest BCUT2D eigenvalue weighted by Gasteiger charge is 2.12. The van der Waals surface area contributed by atoms with E-state index in [2.05, 4.69) is 31.2 Å². The second-order valence-corrected chi connectivity index (χ2v) is 6.75. The molecule has 0 atom stereocenters. The molecule has 0 aliphatic rings. The van der Waals surface area contributed by atoms with Gasteiger partial charge in [0.05, 0.1) is 10.6 Å². The number of ether oxygens (including phenoxy) is 1. The Morgan fingerprint density at radius 1 is 0.923 bits per heavy atom. The van der Waals surface area contributed by atoms with Crippen LogP contribution in [0, 0.1) is 6.92 Å². The van der Waals surface area contributed by atoms with Gasteiger partial charge in [0.2, 0.25) is 0 Å². The molecule has 132 valence electrons. The molecule has 0 amide bonds. The minimum atomic E-state index is -0.413. The normalized spacial score (nSPS) is 10.6. The number of carbonyl (C=O) groups is 1. The third kappa shape index (κ3) is 4.33. The molecule has 3 heteroatoms. The van der Waals surface area contributed by atoms with Crippen molar-refractivity contribution in [3.63, 3.8) is 0 Å². The maximum Gasteiger partial charge on any atom is 0.343 e. The van der Waals surface area contributed by atoms with E-state index in [9.17, 15) is 4.79 Å². The van der Waals surface area contributed by atoms with E-state index < -0.39 is 5.97 Å². The summed E-state index contributed by atoms with van der Waals surface area (Å²) in [5.41, 5.74) is 5.00. The van der Waals surface area contributed by atoms with Crippen LogP contribution in [0.1, 0.15) is 34.8 Å². The second kappa shape index (κ2) is 8.20. The quantitative estimate of drug-likeness (QED) is 0.382. The van der Waals surface area contributed by atoms with E-state index in [1.165, 1.54) is 5.56 Å². The molecule has 3 rings (SSSR count). The van der Waals surface area contributed by atoms with Crippen molar-refractivity contribution in [2.45, 2.75) is 26.7 Å². The van der Waals surface area contributed by atoms with E-state index in [4.69, 9.17) is 16.3 Å². The van der Waals surface area contributed by atoms with Gasteiger partial charge in [0.1, 0.15) is 5.75 Å². The van der Waals surface area contributed by atoms with Crippen molar-refractivity contribution in [3.05, 3.63) is 88.4 Å². The molecule has 26 heavy (non-hydrogen) atoms. The highest BCUT2D eigenvalue weighted by molar-refractivity contribution is 6.32. The van der Waals surface area contributed by atoms with Gasteiger partial charge < -0.3 is 4.74 Å². The Bertz CT molecular complexity index is 896. The molecule has 2 nitrogen and oxygen atoms in total. The molecule has 0 aliphatic carbocycles. The summed E-state index contributed by atoms with van der Waals surface area (Å²) < 4.78 is 5.44. The maximum atomic E-state index is 12.3. The zero-order valence-corrected chi connectivity index (χ0v) is 15.7. The third-order valence-electron chi connectivity index (χ3n) is 4.25. The molecule has 0 saturated heterocycles. The number of esters is 1. The van der Waals surface area contributed by atoms with Crippen LogP contribution in [-0.2, 0) is 6.42 Å². The highest BCUT2D eigenvalue weighted by Crippen LogP contribution is 2.31. The number of hydrogen-bond acceptors (Lipinski definition) is 2. The molecule has 0 bridgehead atoms. The average molecular weight is 365 g/mol. The Morgan fingerprint density at radius 3 is 2.19 bits per heavy atom. The van der Waals surface area contributed by atoms with Crippen LogP contribution >= 0.6 is 11.6 Å². The summed E-state index contributed by atoms with van der Waals surface area (Å²) >= 11 is 6.34. The molecule has 0 radical (unpaired) electrons. The van der Waals surface area contributed by atoms with Gasteiger partial charge in [-0.25, -0.2) is 4.79 Å². The van der Waals surface area contributed by atoms with E-state index in [1.54, 1.807) is 18.2 Å². The van der Waals surface area contributed by atoms with Gasteiger partial charge in [0, 0.05) is 0 Å². The smallest absolute Gasteiger partial charge is 0.343 e. The Labute approximate surface area is 159 Å². The summed E-state index contributed by atoms with van der Waals surface area (Å²) in [4.78, 5) is 12.3. The first-order valence-electron chi connectivity index (χ1n) is 8.74. The van der Waals surface area contributed by atoms with Crippen molar-refractivity contribution in [1.82, 2.24) is 0 Å². The van der Waals surface area contributed by atoms with Crippen molar-refractivity contribution in [2.24, 2.45) is 0 Å². The fourth-order valence-corrected chi connectivity index (χ4v) is 2.98. The Morgan fingerprint density at radius 2 is 1.58 bits per heavy atom. The molecule has 0 fully saturated rings. The molecule has 0 heterocycles. The fourth-order valence-electron chi connectivity index (χ4n) is 2.76. The van der Waals surface area contributed by atoms with Crippen LogP contribution in [-0.4, -0.2) is 5.97 Å².